The summed E-state index contributed by atoms with van der Waals surface area (Å²) >= 11 is 5.77. The van der Waals surface area contributed by atoms with Crippen LogP contribution < -0.4 is 11.3 Å². The molecule has 20 heavy (non-hydrogen) atoms. The van der Waals surface area contributed by atoms with Gasteiger partial charge < -0.3 is 10.5 Å². The Morgan fingerprint density at radius 3 is 2.65 bits per heavy atom. The third kappa shape index (κ3) is 2.77. The van der Waals surface area contributed by atoms with Crippen LogP contribution in [0.25, 0.3) is 5.69 Å². The van der Waals surface area contributed by atoms with E-state index in [1.807, 2.05) is 0 Å². The summed E-state index contributed by atoms with van der Waals surface area (Å²) in [6, 6.07) is 6.33. The quantitative estimate of drug-likeness (QED) is 0.849. The molecule has 104 valence electrons. The zero-order valence-electron chi connectivity index (χ0n) is 10.5. The minimum Gasteiger partial charge on any atom is -0.460 e. The fourth-order valence-electron chi connectivity index (χ4n) is 1.47. The molecule has 1 heterocycles. The molecule has 0 amide bonds. The van der Waals surface area contributed by atoms with Crippen LogP contribution in [-0.2, 0) is 4.74 Å². The molecule has 0 aliphatic rings. The average Bonchev–Trinajstić information content (AvgIpc) is 2.43. The molecule has 2 aromatic rings. The van der Waals surface area contributed by atoms with Crippen molar-refractivity contribution in [3.05, 3.63) is 45.5 Å². The van der Waals surface area contributed by atoms with Crippen molar-refractivity contribution in [3.8, 4) is 5.69 Å². The van der Waals surface area contributed by atoms with E-state index in [4.69, 9.17) is 22.1 Å². The highest BCUT2D eigenvalue weighted by Gasteiger charge is 2.16. The number of carbonyl (C=O) groups is 1. The van der Waals surface area contributed by atoms with Crippen LogP contribution in [0.15, 0.2) is 29.1 Å². The van der Waals surface area contributed by atoms with E-state index in [9.17, 15) is 9.59 Å². The van der Waals surface area contributed by atoms with Gasteiger partial charge in [-0.2, -0.15) is 9.67 Å². The number of ether oxygens (including phenoxy) is 1. The van der Waals surface area contributed by atoms with Gasteiger partial charge in [0.25, 0.3) is 5.82 Å². The first-order valence-electron chi connectivity index (χ1n) is 5.73. The number of nitrogen functional groups attached to an aromatic ring is 1. The largest absolute Gasteiger partial charge is 0.460 e. The van der Waals surface area contributed by atoms with Crippen molar-refractivity contribution in [2.24, 2.45) is 0 Å². The third-order valence-electron chi connectivity index (χ3n) is 2.36. The second-order valence-corrected chi connectivity index (χ2v) is 4.17. The number of hydrogen-bond acceptors (Lipinski definition) is 6. The lowest BCUT2D eigenvalue weighted by Gasteiger charge is -2.07. The summed E-state index contributed by atoms with van der Waals surface area (Å²) in [5.41, 5.74) is 5.30. The highest BCUT2D eigenvalue weighted by Crippen LogP contribution is 2.11. The molecule has 0 aliphatic heterocycles. The number of carbonyl (C=O) groups excluding carboxylic acids is 1. The molecule has 0 saturated carbocycles. The van der Waals surface area contributed by atoms with Gasteiger partial charge in [0.15, 0.2) is 5.82 Å². The zero-order chi connectivity index (χ0) is 14.7. The van der Waals surface area contributed by atoms with Gasteiger partial charge in [-0.15, -0.1) is 5.10 Å². The number of aromatic nitrogens is 3. The van der Waals surface area contributed by atoms with Crippen molar-refractivity contribution >= 4 is 23.4 Å². The highest BCUT2D eigenvalue weighted by molar-refractivity contribution is 6.30. The van der Waals surface area contributed by atoms with E-state index in [1.165, 1.54) is 0 Å². The predicted octanol–water partition coefficient (Wildman–Crippen LogP) is 1.04. The first-order chi connectivity index (χ1) is 9.52. The van der Waals surface area contributed by atoms with E-state index in [-0.39, 0.29) is 18.2 Å². The molecule has 1 aromatic heterocycles. The monoisotopic (exact) mass is 294 g/mol. The number of esters is 1. The molecule has 2 N–H and O–H groups in total. The standard InChI is InChI=1S/C12H11ClN4O3/c1-2-20-12(19)10-15-9(14)11(18)17(16-10)8-5-3-7(13)4-6-8/h3-6H,2H2,1H3,(H2,14,15,16). The molecule has 0 bridgehead atoms. The van der Waals surface area contributed by atoms with Crippen molar-refractivity contribution in [1.29, 1.82) is 0 Å². The lowest BCUT2D eigenvalue weighted by Crippen LogP contribution is -2.29. The molecule has 0 atom stereocenters. The van der Waals surface area contributed by atoms with E-state index < -0.39 is 11.5 Å². The molecule has 0 radical (unpaired) electrons. The van der Waals surface area contributed by atoms with Crippen molar-refractivity contribution in [2.75, 3.05) is 12.3 Å². The Labute approximate surface area is 119 Å². The summed E-state index contributed by atoms with van der Waals surface area (Å²) in [4.78, 5) is 27.1. The summed E-state index contributed by atoms with van der Waals surface area (Å²) in [6.07, 6.45) is 0. The smallest absolute Gasteiger partial charge is 0.378 e. The average molecular weight is 295 g/mol. The predicted molar refractivity (Wildman–Crippen MR) is 73.0 cm³/mol. The topological polar surface area (TPSA) is 100 Å². The second kappa shape index (κ2) is 5.70. The number of rotatable bonds is 3. The van der Waals surface area contributed by atoms with Gasteiger partial charge in [0, 0.05) is 5.02 Å². The normalized spacial score (nSPS) is 10.3. The minimum atomic E-state index is -0.748. The van der Waals surface area contributed by atoms with Gasteiger partial charge in [0.2, 0.25) is 0 Å². The summed E-state index contributed by atoms with van der Waals surface area (Å²) in [7, 11) is 0. The Hall–Kier alpha value is -2.41. The van der Waals surface area contributed by atoms with Crippen LogP contribution in [0.5, 0.6) is 0 Å². The van der Waals surface area contributed by atoms with Crippen LogP contribution in [-0.4, -0.2) is 27.3 Å². The Bertz CT molecular complexity index is 697. The van der Waals surface area contributed by atoms with E-state index in [0.717, 1.165) is 4.68 Å². The lowest BCUT2D eigenvalue weighted by molar-refractivity contribution is 0.0509. The van der Waals surface area contributed by atoms with Gasteiger partial charge >= 0.3 is 11.5 Å². The molecule has 7 nitrogen and oxygen atoms in total. The van der Waals surface area contributed by atoms with Gasteiger partial charge in [-0.3, -0.25) is 4.79 Å². The molecule has 0 fully saturated rings. The Morgan fingerprint density at radius 1 is 1.40 bits per heavy atom. The SMILES string of the molecule is CCOC(=O)c1nc(N)c(=O)n(-c2ccc(Cl)cc2)n1. The van der Waals surface area contributed by atoms with Crippen molar-refractivity contribution < 1.29 is 9.53 Å². The molecule has 8 heteroatoms. The number of benzene rings is 1. The highest BCUT2D eigenvalue weighted by atomic mass is 35.5. The maximum absolute atomic E-state index is 11.9. The number of halogens is 1. The Morgan fingerprint density at radius 2 is 2.05 bits per heavy atom. The molecule has 2 rings (SSSR count). The van der Waals surface area contributed by atoms with E-state index >= 15 is 0 Å². The van der Waals surface area contributed by atoms with Crippen LogP contribution >= 0.6 is 11.6 Å². The van der Waals surface area contributed by atoms with E-state index in [0.29, 0.717) is 10.7 Å². The van der Waals surface area contributed by atoms with Gasteiger partial charge in [0.05, 0.1) is 12.3 Å². The van der Waals surface area contributed by atoms with Crippen LogP contribution in [0.3, 0.4) is 0 Å². The van der Waals surface area contributed by atoms with Crippen LogP contribution in [0.1, 0.15) is 17.5 Å². The van der Waals surface area contributed by atoms with Gasteiger partial charge in [-0.25, -0.2) is 4.79 Å². The Kier molecular flexibility index (Phi) is 3.99. The second-order valence-electron chi connectivity index (χ2n) is 3.73. The molecule has 0 aliphatic carbocycles. The summed E-state index contributed by atoms with van der Waals surface area (Å²) in [6.45, 7) is 1.82. The molecular weight excluding hydrogens is 284 g/mol. The summed E-state index contributed by atoms with van der Waals surface area (Å²) in [5.74, 6) is -1.36. The fraction of sp³-hybridized carbons (Fsp3) is 0.167. The molecule has 0 spiro atoms. The zero-order valence-corrected chi connectivity index (χ0v) is 11.3. The van der Waals surface area contributed by atoms with Crippen molar-refractivity contribution in [3.63, 3.8) is 0 Å². The number of hydrogen-bond donors (Lipinski definition) is 1. The lowest BCUT2D eigenvalue weighted by atomic mass is 10.3. The molecule has 0 saturated heterocycles. The summed E-state index contributed by atoms with van der Waals surface area (Å²) in [5, 5.41) is 4.36. The van der Waals surface area contributed by atoms with Crippen LogP contribution in [0.4, 0.5) is 5.82 Å². The third-order valence-corrected chi connectivity index (χ3v) is 2.61. The fourth-order valence-corrected chi connectivity index (χ4v) is 1.60. The molecule has 0 unspecified atom stereocenters. The number of nitrogens with zero attached hydrogens (tertiary/aromatic N) is 3. The van der Waals surface area contributed by atoms with Gasteiger partial charge in [-0.05, 0) is 31.2 Å². The van der Waals surface area contributed by atoms with Gasteiger partial charge in [0.1, 0.15) is 0 Å². The van der Waals surface area contributed by atoms with Gasteiger partial charge in [-0.1, -0.05) is 11.6 Å². The first-order valence-corrected chi connectivity index (χ1v) is 6.10. The first kappa shape index (κ1) is 14.0. The van der Waals surface area contributed by atoms with E-state index in [1.54, 1.807) is 31.2 Å². The summed E-state index contributed by atoms with van der Waals surface area (Å²) < 4.78 is 5.75. The van der Waals surface area contributed by atoms with Crippen LogP contribution in [0, 0.1) is 0 Å². The molecule has 1 aromatic carbocycles. The number of anilines is 1. The minimum absolute atomic E-state index is 0.169. The Balaban J connectivity index is 2.55. The maximum Gasteiger partial charge on any atom is 0.378 e. The number of nitrogens with two attached hydrogens (primary N) is 1. The van der Waals surface area contributed by atoms with Crippen molar-refractivity contribution in [1.82, 2.24) is 14.8 Å². The maximum atomic E-state index is 11.9. The van der Waals surface area contributed by atoms with Crippen molar-refractivity contribution in [2.45, 2.75) is 6.92 Å². The molecular formula is C12H11ClN4O3. The van der Waals surface area contributed by atoms with Crippen LogP contribution in [0.2, 0.25) is 5.02 Å². The van der Waals surface area contributed by atoms with E-state index in [2.05, 4.69) is 10.1 Å².